The van der Waals surface area contributed by atoms with E-state index in [1.807, 2.05) is 6.92 Å². The number of hydrogen-bond donors (Lipinski definition) is 2. The van der Waals surface area contributed by atoms with Gasteiger partial charge >= 0.3 is 12.1 Å². The number of carboxylic acids is 1. The Hall–Kier alpha value is -1.56. The second kappa shape index (κ2) is 6.74. The Bertz CT molecular complexity index is 443. The Labute approximate surface area is 115 Å². The van der Waals surface area contributed by atoms with Crippen molar-refractivity contribution >= 4 is 5.97 Å². The number of carbonyl (C=O) groups is 1. The first kappa shape index (κ1) is 16.5. The first-order valence-corrected chi connectivity index (χ1v) is 6.39. The molecule has 1 aromatic carbocycles. The maximum atomic E-state index is 12.5. The van der Waals surface area contributed by atoms with Crippen LogP contribution in [0.4, 0.5) is 13.2 Å². The van der Waals surface area contributed by atoms with Crippen molar-refractivity contribution in [3.63, 3.8) is 0 Å². The largest absolute Gasteiger partial charge is 0.481 e. The van der Waals surface area contributed by atoms with Crippen molar-refractivity contribution in [2.45, 2.75) is 31.9 Å². The molecule has 6 heteroatoms. The first-order valence-electron chi connectivity index (χ1n) is 6.39. The second-order valence-electron chi connectivity index (χ2n) is 4.73. The summed E-state index contributed by atoms with van der Waals surface area (Å²) in [7, 11) is 0. The molecule has 0 amide bonds. The van der Waals surface area contributed by atoms with Gasteiger partial charge in [-0.1, -0.05) is 19.1 Å². The Morgan fingerprint density at radius 3 is 2.20 bits per heavy atom. The van der Waals surface area contributed by atoms with Gasteiger partial charge in [0.15, 0.2) is 0 Å². The molecule has 2 unspecified atom stereocenters. The molecule has 1 rings (SSSR count). The van der Waals surface area contributed by atoms with Crippen LogP contribution in [0.15, 0.2) is 24.3 Å². The monoisotopic (exact) mass is 289 g/mol. The molecule has 0 aliphatic rings. The van der Waals surface area contributed by atoms with Crippen molar-refractivity contribution in [1.29, 1.82) is 0 Å². The van der Waals surface area contributed by atoms with Gasteiger partial charge in [0.05, 0.1) is 11.5 Å². The molecule has 0 fully saturated rings. The van der Waals surface area contributed by atoms with E-state index in [1.54, 1.807) is 0 Å². The summed E-state index contributed by atoms with van der Waals surface area (Å²) in [5, 5.41) is 8.99. The van der Waals surface area contributed by atoms with E-state index in [1.165, 1.54) is 12.1 Å². The fraction of sp³-hybridized carbons (Fsp3) is 0.500. The van der Waals surface area contributed by atoms with Gasteiger partial charge < -0.3 is 10.8 Å². The maximum Gasteiger partial charge on any atom is 0.416 e. The molecular weight excluding hydrogens is 271 g/mol. The number of alkyl halides is 3. The molecule has 20 heavy (non-hydrogen) atoms. The molecule has 0 radical (unpaired) electrons. The lowest BCUT2D eigenvalue weighted by atomic mass is 9.86. The van der Waals surface area contributed by atoms with Crippen molar-refractivity contribution < 1.29 is 23.1 Å². The summed E-state index contributed by atoms with van der Waals surface area (Å²) in [5.74, 6) is -1.76. The predicted molar refractivity (Wildman–Crippen MR) is 69.3 cm³/mol. The number of carboxylic acid groups (broad SMARTS) is 1. The van der Waals surface area contributed by atoms with Crippen LogP contribution in [0.25, 0.3) is 0 Å². The summed E-state index contributed by atoms with van der Waals surface area (Å²) in [4.78, 5) is 11.0. The highest BCUT2D eigenvalue weighted by Crippen LogP contribution is 2.32. The zero-order valence-corrected chi connectivity index (χ0v) is 11.2. The van der Waals surface area contributed by atoms with Crippen LogP contribution < -0.4 is 5.73 Å². The van der Waals surface area contributed by atoms with Crippen LogP contribution in [0.3, 0.4) is 0 Å². The van der Waals surface area contributed by atoms with E-state index in [0.717, 1.165) is 12.1 Å². The minimum atomic E-state index is -4.36. The van der Waals surface area contributed by atoms with Gasteiger partial charge in [-0.3, -0.25) is 4.79 Å². The minimum absolute atomic E-state index is 0.0203. The third kappa shape index (κ3) is 4.23. The van der Waals surface area contributed by atoms with Crippen LogP contribution in [-0.2, 0) is 11.0 Å². The Balaban J connectivity index is 2.88. The van der Waals surface area contributed by atoms with E-state index >= 15 is 0 Å². The Morgan fingerprint density at radius 1 is 1.30 bits per heavy atom. The van der Waals surface area contributed by atoms with E-state index < -0.39 is 23.6 Å². The molecule has 0 bridgehead atoms. The normalized spacial score (nSPS) is 14.8. The van der Waals surface area contributed by atoms with Gasteiger partial charge in [-0.2, -0.15) is 13.2 Å². The van der Waals surface area contributed by atoms with Crippen molar-refractivity contribution in [2.75, 3.05) is 6.54 Å². The molecule has 3 nitrogen and oxygen atoms in total. The first-order chi connectivity index (χ1) is 9.29. The average Bonchev–Trinajstić information content (AvgIpc) is 2.39. The van der Waals surface area contributed by atoms with Crippen LogP contribution >= 0.6 is 0 Å². The summed E-state index contributed by atoms with van der Waals surface area (Å²) in [6.45, 7) is 1.89. The predicted octanol–water partition coefficient (Wildman–Crippen LogP) is 3.25. The standard InChI is InChI=1S/C14H18F3NO2/c1-2-9(7-11(8-18)13(19)20)10-3-5-12(6-4-10)14(15,16)17/h3-6,9,11H,2,7-8,18H2,1H3,(H,19,20). The van der Waals surface area contributed by atoms with Gasteiger partial charge in [0.25, 0.3) is 0 Å². The van der Waals surface area contributed by atoms with Gasteiger partial charge in [0.2, 0.25) is 0 Å². The topological polar surface area (TPSA) is 63.3 Å². The SMILES string of the molecule is CCC(CC(CN)C(=O)O)c1ccc(C(F)(F)F)cc1. The lowest BCUT2D eigenvalue weighted by Gasteiger charge is -2.19. The van der Waals surface area contributed by atoms with Crippen molar-refractivity contribution in [3.05, 3.63) is 35.4 Å². The van der Waals surface area contributed by atoms with Crippen LogP contribution in [-0.4, -0.2) is 17.6 Å². The quantitative estimate of drug-likeness (QED) is 0.845. The third-order valence-corrected chi connectivity index (χ3v) is 3.41. The van der Waals surface area contributed by atoms with Crippen molar-refractivity contribution in [1.82, 2.24) is 0 Å². The number of nitrogens with two attached hydrogens (primary N) is 1. The van der Waals surface area contributed by atoms with Crippen molar-refractivity contribution in [3.8, 4) is 0 Å². The summed E-state index contributed by atoms with van der Waals surface area (Å²) in [6.07, 6.45) is -3.38. The lowest BCUT2D eigenvalue weighted by Crippen LogP contribution is -2.25. The fourth-order valence-electron chi connectivity index (χ4n) is 2.12. The number of rotatable bonds is 6. The highest BCUT2D eigenvalue weighted by molar-refractivity contribution is 5.70. The highest BCUT2D eigenvalue weighted by atomic mass is 19.4. The summed E-state index contributed by atoms with van der Waals surface area (Å²) < 4.78 is 37.4. The van der Waals surface area contributed by atoms with Gasteiger partial charge in [-0.05, 0) is 36.5 Å². The number of hydrogen-bond acceptors (Lipinski definition) is 2. The number of benzene rings is 1. The third-order valence-electron chi connectivity index (χ3n) is 3.41. The van der Waals surface area contributed by atoms with Crippen LogP contribution in [0, 0.1) is 5.92 Å². The zero-order chi connectivity index (χ0) is 15.3. The zero-order valence-electron chi connectivity index (χ0n) is 11.2. The highest BCUT2D eigenvalue weighted by Gasteiger charge is 2.30. The molecular formula is C14H18F3NO2. The van der Waals surface area contributed by atoms with Gasteiger partial charge in [-0.15, -0.1) is 0 Å². The Kier molecular flexibility index (Phi) is 5.56. The smallest absolute Gasteiger partial charge is 0.416 e. The molecule has 0 aliphatic heterocycles. The molecule has 3 N–H and O–H groups in total. The summed E-state index contributed by atoms with van der Waals surface area (Å²) >= 11 is 0. The molecule has 0 heterocycles. The van der Waals surface area contributed by atoms with Crippen LogP contribution in [0.1, 0.15) is 36.8 Å². The van der Waals surface area contributed by atoms with E-state index in [2.05, 4.69) is 0 Å². The van der Waals surface area contributed by atoms with E-state index in [9.17, 15) is 18.0 Å². The van der Waals surface area contributed by atoms with Gasteiger partial charge in [-0.25, -0.2) is 0 Å². The maximum absolute atomic E-state index is 12.5. The molecule has 0 saturated carbocycles. The van der Waals surface area contributed by atoms with Gasteiger partial charge in [0.1, 0.15) is 0 Å². The van der Waals surface area contributed by atoms with Crippen LogP contribution in [0.2, 0.25) is 0 Å². The molecule has 112 valence electrons. The second-order valence-corrected chi connectivity index (χ2v) is 4.73. The Morgan fingerprint density at radius 2 is 1.85 bits per heavy atom. The molecule has 2 atom stereocenters. The average molecular weight is 289 g/mol. The fourth-order valence-corrected chi connectivity index (χ4v) is 2.12. The summed E-state index contributed by atoms with van der Waals surface area (Å²) in [5.41, 5.74) is 5.41. The lowest BCUT2D eigenvalue weighted by molar-refractivity contribution is -0.141. The molecule has 0 aliphatic carbocycles. The van der Waals surface area contributed by atoms with Crippen molar-refractivity contribution in [2.24, 2.45) is 11.7 Å². The molecule has 0 spiro atoms. The van der Waals surface area contributed by atoms with Gasteiger partial charge in [0, 0.05) is 6.54 Å². The molecule has 1 aromatic rings. The van der Waals surface area contributed by atoms with E-state index in [4.69, 9.17) is 10.8 Å². The minimum Gasteiger partial charge on any atom is -0.481 e. The van der Waals surface area contributed by atoms with E-state index in [0.29, 0.717) is 18.4 Å². The van der Waals surface area contributed by atoms with E-state index in [-0.39, 0.29) is 12.5 Å². The summed E-state index contributed by atoms with van der Waals surface area (Å²) in [6, 6.07) is 4.87. The number of aliphatic carboxylic acids is 1. The molecule has 0 aromatic heterocycles. The van der Waals surface area contributed by atoms with Crippen LogP contribution in [0.5, 0.6) is 0 Å². The molecule has 0 saturated heterocycles. The number of halogens is 3.